The maximum absolute atomic E-state index is 11.9. The van der Waals surface area contributed by atoms with Crippen molar-refractivity contribution in [1.82, 2.24) is 10.6 Å². The lowest BCUT2D eigenvalue weighted by atomic mass is 10.1. The summed E-state index contributed by atoms with van der Waals surface area (Å²) in [7, 11) is 0. The van der Waals surface area contributed by atoms with Gasteiger partial charge in [0.15, 0.2) is 0 Å². The molecule has 0 aliphatic heterocycles. The first-order valence-electron chi connectivity index (χ1n) is 10.6. The Balaban J connectivity index is 2.32. The molecule has 2 aromatic rings. The van der Waals surface area contributed by atoms with Crippen molar-refractivity contribution >= 4 is 63.7 Å². The van der Waals surface area contributed by atoms with Gasteiger partial charge in [0.2, 0.25) is 0 Å². The number of urea groups is 1. The van der Waals surface area contributed by atoms with Gasteiger partial charge in [-0.3, -0.25) is 0 Å². The van der Waals surface area contributed by atoms with Crippen LogP contribution in [0.3, 0.4) is 0 Å². The Morgan fingerprint density at radius 1 is 1.12 bits per heavy atom. The van der Waals surface area contributed by atoms with Gasteiger partial charge in [0, 0.05) is 16.4 Å². The highest BCUT2D eigenvalue weighted by molar-refractivity contribution is 7.14. The van der Waals surface area contributed by atoms with E-state index in [1.54, 1.807) is 23.5 Å². The average Bonchev–Trinajstić information content (AvgIpc) is 3.23. The lowest BCUT2D eigenvalue weighted by molar-refractivity contribution is 0.242. The summed E-state index contributed by atoms with van der Waals surface area (Å²) in [5.74, 6) is 0. The number of hydrogen-bond acceptors (Lipinski definition) is 4. The fourth-order valence-corrected chi connectivity index (χ4v) is 4.21. The van der Waals surface area contributed by atoms with Crippen LogP contribution in [0.4, 0.5) is 10.5 Å². The zero-order valence-electron chi connectivity index (χ0n) is 18.6. The van der Waals surface area contributed by atoms with Crippen LogP contribution in [0.15, 0.2) is 42.0 Å². The molecular formula is C24H30Cl2N4OS. The predicted octanol–water partition coefficient (Wildman–Crippen LogP) is 7.44. The van der Waals surface area contributed by atoms with Gasteiger partial charge in [-0.05, 0) is 61.7 Å². The van der Waals surface area contributed by atoms with Crippen molar-refractivity contribution in [3.8, 4) is 0 Å². The van der Waals surface area contributed by atoms with Gasteiger partial charge in [0.25, 0.3) is 0 Å². The topological polar surface area (TPSA) is 77.0 Å². The quantitative estimate of drug-likeness (QED) is 0.246. The van der Waals surface area contributed by atoms with Crippen molar-refractivity contribution in [1.29, 1.82) is 5.41 Å². The number of unbranched alkanes of at least 4 members (excludes halogenated alkanes) is 1. The number of halogens is 2. The van der Waals surface area contributed by atoms with Gasteiger partial charge in [-0.15, -0.1) is 11.3 Å². The highest BCUT2D eigenvalue weighted by Crippen LogP contribution is 2.33. The second kappa shape index (κ2) is 13.3. The van der Waals surface area contributed by atoms with E-state index in [9.17, 15) is 4.79 Å². The van der Waals surface area contributed by atoms with Crippen LogP contribution in [0.1, 0.15) is 49.8 Å². The molecule has 0 radical (unpaired) electrons. The number of benzene rings is 1. The maximum atomic E-state index is 11.9. The fraction of sp³-hybridized carbons (Fsp3) is 0.333. The molecule has 1 aromatic heterocycles. The normalized spacial score (nSPS) is 11.9. The Kier molecular flexibility index (Phi) is 10.8. The van der Waals surface area contributed by atoms with Crippen molar-refractivity contribution < 1.29 is 4.79 Å². The minimum Gasteiger partial charge on any atom is -0.353 e. The third kappa shape index (κ3) is 8.01. The standard InChI is InChI=1S/C24H30Cl2N4OS/c1-4-6-7-8-18-10-12-22(32-18)23(30-21-11-9-17(25)14-19(21)26)16(3)20(27)15-29-24(31)28-13-5-2/h7-12,14,27,30H,4-6,13,15H2,1-3H3,(H2,28,29,31)/b8-7+,23-16-,27-20?. The molecule has 0 saturated heterocycles. The number of allylic oxidation sites excluding steroid dienone is 1. The van der Waals surface area contributed by atoms with Crippen molar-refractivity contribution in [2.45, 2.75) is 40.0 Å². The van der Waals surface area contributed by atoms with Gasteiger partial charge < -0.3 is 21.4 Å². The number of nitrogens with one attached hydrogen (secondary N) is 4. The predicted molar refractivity (Wildman–Crippen MR) is 140 cm³/mol. The van der Waals surface area contributed by atoms with Crippen LogP contribution in [0.25, 0.3) is 11.8 Å². The van der Waals surface area contributed by atoms with Crippen molar-refractivity contribution in [3.63, 3.8) is 0 Å². The van der Waals surface area contributed by atoms with Crippen LogP contribution >= 0.6 is 34.5 Å². The molecule has 0 aliphatic carbocycles. The number of carbonyl (C=O) groups is 1. The van der Waals surface area contributed by atoms with E-state index in [-0.39, 0.29) is 12.6 Å². The average molecular weight is 494 g/mol. The van der Waals surface area contributed by atoms with Gasteiger partial charge in [-0.25, -0.2) is 4.79 Å². The molecule has 0 aliphatic rings. The molecule has 5 nitrogen and oxygen atoms in total. The summed E-state index contributed by atoms with van der Waals surface area (Å²) < 4.78 is 0. The molecule has 32 heavy (non-hydrogen) atoms. The summed E-state index contributed by atoms with van der Waals surface area (Å²) in [6.07, 6.45) is 7.27. The van der Waals surface area contributed by atoms with Gasteiger partial charge in [0.05, 0.1) is 33.5 Å². The molecule has 1 heterocycles. The SMILES string of the molecule is CCC/C=C/c1ccc(/C(Nc2ccc(Cl)cc2Cl)=C(\C)C(=N)CNC(=O)NCCC)s1. The second-order valence-electron chi connectivity index (χ2n) is 7.23. The molecular weight excluding hydrogens is 463 g/mol. The zero-order chi connectivity index (χ0) is 23.5. The minimum atomic E-state index is -0.279. The summed E-state index contributed by atoms with van der Waals surface area (Å²) in [6, 6.07) is 9.07. The summed E-state index contributed by atoms with van der Waals surface area (Å²) in [5.41, 5.74) is 2.50. The van der Waals surface area contributed by atoms with E-state index < -0.39 is 0 Å². The Labute approximate surface area is 204 Å². The number of anilines is 1. The number of carbonyl (C=O) groups excluding carboxylic acids is 1. The van der Waals surface area contributed by atoms with Crippen LogP contribution in [0.5, 0.6) is 0 Å². The van der Waals surface area contributed by atoms with E-state index in [1.165, 1.54) is 0 Å². The molecule has 172 valence electrons. The molecule has 0 unspecified atom stereocenters. The molecule has 2 rings (SSSR count). The zero-order valence-corrected chi connectivity index (χ0v) is 21.0. The Bertz CT molecular complexity index is 998. The first-order chi connectivity index (χ1) is 15.3. The van der Waals surface area contributed by atoms with Crippen LogP contribution < -0.4 is 16.0 Å². The summed E-state index contributed by atoms with van der Waals surface area (Å²) in [5, 5.41) is 18.5. The fourth-order valence-electron chi connectivity index (χ4n) is 2.76. The second-order valence-corrected chi connectivity index (χ2v) is 9.19. The van der Waals surface area contributed by atoms with Gasteiger partial charge in [-0.2, -0.15) is 0 Å². The summed E-state index contributed by atoms with van der Waals surface area (Å²) in [4.78, 5) is 14.0. The number of amides is 2. The third-order valence-electron chi connectivity index (χ3n) is 4.59. The van der Waals surface area contributed by atoms with E-state index in [0.717, 1.165) is 40.3 Å². The molecule has 0 saturated carbocycles. The molecule has 2 amide bonds. The Hall–Kier alpha value is -2.28. The first kappa shape index (κ1) is 26.0. The maximum Gasteiger partial charge on any atom is 0.315 e. The van der Waals surface area contributed by atoms with Crippen LogP contribution in [-0.4, -0.2) is 24.8 Å². The summed E-state index contributed by atoms with van der Waals surface area (Å²) in [6.45, 7) is 6.72. The molecule has 0 bridgehead atoms. The molecule has 1 aromatic carbocycles. The molecule has 0 atom stereocenters. The monoisotopic (exact) mass is 492 g/mol. The van der Waals surface area contributed by atoms with Crippen molar-refractivity contribution in [2.24, 2.45) is 0 Å². The molecule has 4 N–H and O–H groups in total. The number of rotatable bonds is 11. The van der Waals surface area contributed by atoms with E-state index >= 15 is 0 Å². The van der Waals surface area contributed by atoms with Crippen LogP contribution in [0, 0.1) is 5.41 Å². The Morgan fingerprint density at radius 2 is 1.91 bits per heavy atom. The van der Waals surface area contributed by atoms with Gasteiger partial charge >= 0.3 is 6.03 Å². The Morgan fingerprint density at radius 3 is 2.59 bits per heavy atom. The largest absolute Gasteiger partial charge is 0.353 e. The van der Waals surface area contributed by atoms with Crippen LogP contribution in [0.2, 0.25) is 10.0 Å². The highest BCUT2D eigenvalue weighted by Gasteiger charge is 2.15. The van der Waals surface area contributed by atoms with Crippen molar-refractivity contribution in [2.75, 3.05) is 18.4 Å². The van der Waals surface area contributed by atoms with Gasteiger partial charge in [-0.1, -0.05) is 49.5 Å². The van der Waals surface area contributed by atoms with Crippen molar-refractivity contribution in [3.05, 3.63) is 61.8 Å². The number of thiophene rings is 1. The minimum absolute atomic E-state index is 0.121. The van der Waals surface area contributed by atoms with E-state index in [4.69, 9.17) is 28.6 Å². The molecule has 0 fully saturated rings. The van der Waals surface area contributed by atoms with E-state index in [0.29, 0.717) is 28.0 Å². The molecule has 8 heteroatoms. The van der Waals surface area contributed by atoms with Crippen LogP contribution in [-0.2, 0) is 0 Å². The number of hydrogen-bond donors (Lipinski definition) is 4. The first-order valence-corrected chi connectivity index (χ1v) is 12.2. The lowest BCUT2D eigenvalue weighted by Gasteiger charge is -2.16. The van der Waals surface area contributed by atoms with E-state index in [2.05, 4.69) is 41.1 Å². The smallest absolute Gasteiger partial charge is 0.315 e. The van der Waals surface area contributed by atoms with E-state index in [1.807, 2.05) is 26.0 Å². The van der Waals surface area contributed by atoms with Gasteiger partial charge in [0.1, 0.15) is 0 Å². The lowest BCUT2D eigenvalue weighted by Crippen LogP contribution is -2.38. The molecule has 0 spiro atoms. The highest BCUT2D eigenvalue weighted by atomic mass is 35.5. The summed E-state index contributed by atoms with van der Waals surface area (Å²) >= 11 is 14.1. The third-order valence-corrected chi connectivity index (χ3v) is 6.21.